The van der Waals surface area contributed by atoms with Crippen LogP contribution in [-0.2, 0) is 0 Å². The molecule has 0 spiro atoms. The van der Waals surface area contributed by atoms with Crippen LogP contribution in [-0.4, -0.2) is 10.1 Å². The van der Waals surface area contributed by atoms with E-state index in [1.807, 2.05) is 36.4 Å². The lowest BCUT2D eigenvalue weighted by atomic mass is 10.2. The molecule has 84 valence electrons. The number of aromatic nitrogens is 1. The molecule has 3 aromatic rings. The first-order valence-corrected chi connectivity index (χ1v) is 6.69. The van der Waals surface area contributed by atoms with E-state index in [2.05, 4.69) is 20.9 Å². The van der Waals surface area contributed by atoms with Crippen LogP contribution in [0.3, 0.4) is 0 Å². The van der Waals surface area contributed by atoms with Crippen LogP contribution in [0.1, 0.15) is 0 Å². The zero-order chi connectivity index (χ0) is 11.8. The van der Waals surface area contributed by atoms with Crippen molar-refractivity contribution in [3.63, 3.8) is 0 Å². The quantitative estimate of drug-likeness (QED) is 0.721. The summed E-state index contributed by atoms with van der Waals surface area (Å²) in [5.74, 6) is 0.269. The molecule has 0 saturated heterocycles. The summed E-state index contributed by atoms with van der Waals surface area (Å²) in [5.41, 5.74) is 1.73. The number of rotatable bonds is 1. The summed E-state index contributed by atoms with van der Waals surface area (Å²) in [6.45, 7) is 0. The van der Waals surface area contributed by atoms with Gasteiger partial charge in [0.1, 0.15) is 10.8 Å². The molecular formula is C13H8BrNOS. The summed E-state index contributed by atoms with van der Waals surface area (Å²) in [5, 5.41) is 10.6. The minimum absolute atomic E-state index is 0.269. The summed E-state index contributed by atoms with van der Waals surface area (Å²) in [7, 11) is 0. The van der Waals surface area contributed by atoms with Gasteiger partial charge in [0.25, 0.3) is 0 Å². The third-order valence-electron chi connectivity index (χ3n) is 2.48. The van der Waals surface area contributed by atoms with Gasteiger partial charge in [-0.1, -0.05) is 28.1 Å². The van der Waals surface area contributed by atoms with Crippen LogP contribution < -0.4 is 0 Å². The number of fused-ring (bicyclic) bond motifs is 1. The van der Waals surface area contributed by atoms with Gasteiger partial charge in [0.05, 0.1) is 15.8 Å². The molecule has 4 heteroatoms. The van der Waals surface area contributed by atoms with E-state index in [0.717, 1.165) is 25.3 Å². The molecule has 3 rings (SSSR count). The second-order valence-corrected chi connectivity index (χ2v) is 5.59. The number of benzene rings is 2. The first-order valence-electron chi connectivity index (χ1n) is 5.08. The van der Waals surface area contributed by atoms with Crippen molar-refractivity contribution in [1.29, 1.82) is 0 Å². The minimum atomic E-state index is 0.269. The number of hydrogen-bond acceptors (Lipinski definition) is 3. The zero-order valence-electron chi connectivity index (χ0n) is 8.72. The van der Waals surface area contributed by atoms with Gasteiger partial charge in [-0.3, -0.25) is 0 Å². The van der Waals surface area contributed by atoms with Crippen molar-refractivity contribution in [2.24, 2.45) is 0 Å². The molecule has 1 N–H and O–H groups in total. The van der Waals surface area contributed by atoms with Crippen LogP contribution in [0.4, 0.5) is 0 Å². The average molecular weight is 306 g/mol. The Hall–Kier alpha value is -1.39. The van der Waals surface area contributed by atoms with Crippen molar-refractivity contribution in [2.45, 2.75) is 0 Å². The monoisotopic (exact) mass is 305 g/mol. The van der Waals surface area contributed by atoms with Crippen molar-refractivity contribution in [3.8, 4) is 16.3 Å². The summed E-state index contributed by atoms with van der Waals surface area (Å²) in [6, 6.07) is 13.3. The maximum atomic E-state index is 9.80. The lowest BCUT2D eigenvalue weighted by Gasteiger charge is -1.98. The number of nitrogens with zero attached hydrogens (tertiary/aromatic N) is 1. The lowest BCUT2D eigenvalue weighted by Crippen LogP contribution is -1.76. The molecule has 1 heterocycles. The van der Waals surface area contributed by atoms with Gasteiger partial charge in [0.2, 0.25) is 0 Å². The van der Waals surface area contributed by atoms with Gasteiger partial charge in [-0.2, -0.15) is 0 Å². The third kappa shape index (κ3) is 1.94. The zero-order valence-corrected chi connectivity index (χ0v) is 11.1. The Morgan fingerprint density at radius 1 is 1.12 bits per heavy atom. The average Bonchev–Trinajstić information content (AvgIpc) is 2.72. The van der Waals surface area contributed by atoms with Gasteiger partial charge in [0, 0.05) is 4.47 Å². The molecule has 0 radical (unpaired) electrons. The number of phenols is 1. The molecule has 0 aliphatic rings. The standard InChI is InChI=1S/C13H8BrNOS/c14-8-5-6-12-10(7-8)15-13(17-12)9-3-1-2-4-11(9)16/h1-7,16H. The predicted octanol–water partition coefficient (Wildman–Crippen LogP) is 4.43. The normalized spacial score (nSPS) is 10.9. The van der Waals surface area contributed by atoms with Gasteiger partial charge < -0.3 is 5.11 Å². The largest absolute Gasteiger partial charge is 0.507 e. The van der Waals surface area contributed by atoms with E-state index in [9.17, 15) is 5.11 Å². The van der Waals surface area contributed by atoms with Crippen LogP contribution in [0, 0.1) is 0 Å². The number of para-hydroxylation sites is 1. The Bertz CT molecular complexity index is 693. The fourth-order valence-corrected chi connectivity index (χ4v) is 3.00. The maximum Gasteiger partial charge on any atom is 0.128 e. The topological polar surface area (TPSA) is 33.1 Å². The molecule has 0 saturated carbocycles. The molecule has 2 aromatic carbocycles. The Morgan fingerprint density at radius 2 is 1.94 bits per heavy atom. The summed E-state index contributed by atoms with van der Waals surface area (Å²) < 4.78 is 2.13. The molecule has 0 aliphatic heterocycles. The molecule has 17 heavy (non-hydrogen) atoms. The van der Waals surface area contributed by atoms with E-state index >= 15 is 0 Å². The van der Waals surface area contributed by atoms with Gasteiger partial charge in [0.15, 0.2) is 0 Å². The molecule has 0 unspecified atom stereocenters. The van der Waals surface area contributed by atoms with Crippen molar-refractivity contribution in [3.05, 3.63) is 46.9 Å². The van der Waals surface area contributed by atoms with Gasteiger partial charge in [-0.25, -0.2) is 4.98 Å². The Labute approximate surface area is 111 Å². The maximum absolute atomic E-state index is 9.80. The highest BCUT2D eigenvalue weighted by atomic mass is 79.9. The van der Waals surface area contributed by atoms with Crippen LogP contribution in [0.5, 0.6) is 5.75 Å². The second-order valence-electron chi connectivity index (χ2n) is 3.65. The van der Waals surface area contributed by atoms with E-state index in [4.69, 9.17) is 0 Å². The molecule has 1 aromatic heterocycles. The molecule has 0 fully saturated rings. The first kappa shape index (κ1) is 10.7. The predicted molar refractivity (Wildman–Crippen MR) is 74.4 cm³/mol. The molecule has 0 bridgehead atoms. The van der Waals surface area contributed by atoms with Crippen LogP contribution in [0.25, 0.3) is 20.8 Å². The fraction of sp³-hybridized carbons (Fsp3) is 0. The Morgan fingerprint density at radius 3 is 2.76 bits per heavy atom. The van der Waals surface area contributed by atoms with Gasteiger partial charge in [-0.15, -0.1) is 11.3 Å². The number of hydrogen-bond donors (Lipinski definition) is 1. The fourth-order valence-electron chi connectivity index (χ4n) is 1.67. The smallest absolute Gasteiger partial charge is 0.128 e. The van der Waals surface area contributed by atoms with Crippen molar-refractivity contribution >= 4 is 37.5 Å². The van der Waals surface area contributed by atoms with E-state index < -0.39 is 0 Å². The highest BCUT2D eigenvalue weighted by Gasteiger charge is 2.09. The SMILES string of the molecule is Oc1ccccc1-c1nc2cc(Br)ccc2s1. The number of halogens is 1. The van der Waals surface area contributed by atoms with Crippen molar-refractivity contribution in [1.82, 2.24) is 4.98 Å². The Balaban J connectivity index is 2.22. The minimum Gasteiger partial charge on any atom is -0.507 e. The van der Waals surface area contributed by atoms with Crippen molar-refractivity contribution in [2.75, 3.05) is 0 Å². The molecule has 2 nitrogen and oxygen atoms in total. The molecular weight excluding hydrogens is 298 g/mol. The van der Waals surface area contributed by atoms with E-state index in [0.29, 0.717) is 0 Å². The number of phenolic OH excluding ortho intramolecular Hbond substituents is 1. The first-order chi connectivity index (χ1) is 8.24. The van der Waals surface area contributed by atoms with Crippen LogP contribution >= 0.6 is 27.3 Å². The summed E-state index contributed by atoms with van der Waals surface area (Å²) >= 11 is 5.01. The lowest BCUT2D eigenvalue weighted by molar-refractivity contribution is 0.477. The van der Waals surface area contributed by atoms with Gasteiger partial charge >= 0.3 is 0 Å². The highest BCUT2D eigenvalue weighted by molar-refractivity contribution is 9.10. The highest BCUT2D eigenvalue weighted by Crippen LogP contribution is 2.35. The summed E-state index contributed by atoms with van der Waals surface area (Å²) in [4.78, 5) is 4.53. The molecule has 0 amide bonds. The summed E-state index contributed by atoms with van der Waals surface area (Å²) in [6.07, 6.45) is 0. The third-order valence-corrected chi connectivity index (χ3v) is 4.05. The van der Waals surface area contributed by atoms with Crippen molar-refractivity contribution < 1.29 is 5.11 Å². The second kappa shape index (κ2) is 4.13. The number of thiazole rings is 1. The van der Waals surface area contributed by atoms with Crippen LogP contribution in [0.15, 0.2) is 46.9 Å². The molecule has 0 atom stereocenters. The number of aromatic hydroxyl groups is 1. The van der Waals surface area contributed by atoms with E-state index in [1.54, 1.807) is 17.4 Å². The van der Waals surface area contributed by atoms with E-state index in [1.165, 1.54) is 0 Å². The van der Waals surface area contributed by atoms with Crippen LogP contribution in [0.2, 0.25) is 0 Å². The Kier molecular flexibility index (Phi) is 2.61. The molecule has 0 aliphatic carbocycles. The van der Waals surface area contributed by atoms with E-state index in [-0.39, 0.29) is 5.75 Å². The van der Waals surface area contributed by atoms with Gasteiger partial charge in [-0.05, 0) is 30.3 Å².